The lowest BCUT2D eigenvalue weighted by Gasteiger charge is -2.15. The monoisotopic (exact) mass is 393 g/mol. The van der Waals surface area contributed by atoms with E-state index < -0.39 is 0 Å². The summed E-state index contributed by atoms with van der Waals surface area (Å²) in [6.45, 7) is 7.51. The van der Waals surface area contributed by atoms with Crippen LogP contribution in [0.5, 0.6) is 0 Å². The molecule has 28 heavy (non-hydrogen) atoms. The number of thioether (sulfide) groups is 1. The lowest BCUT2D eigenvalue weighted by atomic mass is 10.1. The van der Waals surface area contributed by atoms with Gasteiger partial charge in [0, 0.05) is 23.6 Å². The number of hydrogen-bond donors (Lipinski definition) is 1. The van der Waals surface area contributed by atoms with Crippen molar-refractivity contribution in [2.24, 2.45) is 0 Å². The third-order valence-electron chi connectivity index (χ3n) is 4.63. The summed E-state index contributed by atoms with van der Waals surface area (Å²) in [5.74, 6) is -0.171. The van der Waals surface area contributed by atoms with Crippen molar-refractivity contribution in [2.45, 2.75) is 38.1 Å². The maximum atomic E-state index is 12.6. The number of carbonyl (C=O) groups excluding carboxylic acids is 2. The Kier molecular flexibility index (Phi) is 5.99. The van der Waals surface area contributed by atoms with Gasteiger partial charge in [-0.1, -0.05) is 36.0 Å². The molecule has 0 spiro atoms. The number of anilines is 1. The predicted molar refractivity (Wildman–Crippen MR) is 113 cm³/mol. The van der Waals surface area contributed by atoms with Gasteiger partial charge in [-0.2, -0.15) is 0 Å². The first-order chi connectivity index (χ1) is 13.4. The van der Waals surface area contributed by atoms with Crippen LogP contribution in [-0.2, 0) is 4.79 Å². The van der Waals surface area contributed by atoms with Crippen molar-refractivity contribution in [2.75, 3.05) is 5.32 Å². The van der Waals surface area contributed by atoms with E-state index in [2.05, 4.69) is 30.2 Å². The van der Waals surface area contributed by atoms with Gasteiger partial charge < -0.3 is 5.32 Å². The molecule has 3 rings (SSSR count). The van der Waals surface area contributed by atoms with E-state index in [0.29, 0.717) is 11.3 Å². The largest absolute Gasteiger partial charge is 0.325 e. The second-order valence-electron chi connectivity index (χ2n) is 6.69. The minimum Gasteiger partial charge on any atom is -0.325 e. The highest BCUT2D eigenvalue weighted by molar-refractivity contribution is 8.00. The highest BCUT2D eigenvalue weighted by Gasteiger charge is 2.19. The minimum atomic E-state index is -0.354. The first-order valence-corrected chi connectivity index (χ1v) is 9.93. The second-order valence-corrected chi connectivity index (χ2v) is 7.99. The molecular weight excluding hydrogens is 370 g/mol. The number of amides is 1. The lowest BCUT2D eigenvalue weighted by molar-refractivity contribution is -0.115. The Bertz CT molecular complexity index is 1030. The summed E-state index contributed by atoms with van der Waals surface area (Å²) in [6.07, 6.45) is 3.65. The summed E-state index contributed by atoms with van der Waals surface area (Å²) in [5, 5.41) is 3.28. The van der Waals surface area contributed by atoms with Crippen molar-refractivity contribution in [3.8, 4) is 5.69 Å². The average Bonchev–Trinajstić information content (AvgIpc) is 3.12. The SMILES string of the molecule is CC(=O)c1cccc(NC(=O)C(C)Sc2nccn2-c2cccc(C)c2C)c1. The van der Waals surface area contributed by atoms with Gasteiger partial charge in [0.2, 0.25) is 5.91 Å². The third kappa shape index (κ3) is 4.34. The van der Waals surface area contributed by atoms with Crippen LogP contribution in [-0.4, -0.2) is 26.5 Å². The Labute approximate surface area is 169 Å². The molecule has 0 radical (unpaired) electrons. The minimum absolute atomic E-state index is 0.0333. The summed E-state index contributed by atoms with van der Waals surface area (Å²) in [5.41, 5.74) is 4.63. The molecule has 0 aliphatic rings. The predicted octanol–water partition coefficient (Wildman–Crippen LogP) is 4.81. The van der Waals surface area contributed by atoms with E-state index in [9.17, 15) is 9.59 Å². The molecule has 6 heteroatoms. The van der Waals surface area contributed by atoms with Crippen LogP contribution in [0, 0.1) is 13.8 Å². The summed E-state index contributed by atoms with van der Waals surface area (Å²) in [7, 11) is 0. The van der Waals surface area contributed by atoms with Crippen LogP contribution in [0.2, 0.25) is 0 Å². The number of benzene rings is 2. The molecule has 0 bridgehead atoms. The molecule has 0 aliphatic heterocycles. The van der Waals surface area contributed by atoms with E-state index in [1.54, 1.807) is 30.5 Å². The zero-order valence-electron chi connectivity index (χ0n) is 16.4. The number of aryl methyl sites for hydroxylation is 1. The molecule has 0 saturated heterocycles. The number of carbonyl (C=O) groups is 2. The Balaban J connectivity index is 1.75. The van der Waals surface area contributed by atoms with E-state index >= 15 is 0 Å². The topological polar surface area (TPSA) is 64.0 Å². The van der Waals surface area contributed by atoms with Crippen molar-refractivity contribution in [3.05, 3.63) is 71.5 Å². The average molecular weight is 394 g/mol. The molecule has 144 valence electrons. The van der Waals surface area contributed by atoms with Crippen LogP contribution in [0.3, 0.4) is 0 Å². The molecule has 1 amide bonds. The number of nitrogens with zero attached hydrogens (tertiary/aromatic N) is 2. The molecule has 0 aliphatic carbocycles. The summed E-state index contributed by atoms with van der Waals surface area (Å²) < 4.78 is 2.01. The van der Waals surface area contributed by atoms with Gasteiger partial charge in [-0.15, -0.1) is 0 Å². The fourth-order valence-corrected chi connectivity index (χ4v) is 3.71. The van der Waals surface area contributed by atoms with Crippen LogP contribution in [0.1, 0.15) is 35.3 Å². The van der Waals surface area contributed by atoms with Gasteiger partial charge in [-0.3, -0.25) is 14.2 Å². The first kappa shape index (κ1) is 19.9. The van der Waals surface area contributed by atoms with E-state index in [-0.39, 0.29) is 16.9 Å². The number of imidazole rings is 1. The van der Waals surface area contributed by atoms with Gasteiger partial charge in [0.15, 0.2) is 10.9 Å². The number of rotatable bonds is 6. The van der Waals surface area contributed by atoms with E-state index in [0.717, 1.165) is 10.8 Å². The molecule has 1 N–H and O–H groups in total. The Morgan fingerprint density at radius 3 is 2.64 bits per heavy atom. The van der Waals surface area contributed by atoms with Crippen LogP contribution in [0.4, 0.5) is 5.69 Å². The molecule has 1 unspecified atom stereocenters. The van der Waals surface area contributed by atoms with Crippen molar-refractivity contribution >= 4 is 29.1 Å². The fourth-order valence-electron chi connectivity index (χ4n) is 2.83. The molecule has 5 nitrogen and oxygen atoms in total. The molecule has 2 aromatic carbocycles. The maximum Gasteiger partial charge on any atom is 0.237 e. The van der Waals surface area contributed by atoms with Gasteiger partial charge in [-0.05, 0) is 57.0 Å². The molecule has 1 atom stereocenters. The number of aromatic nitrogens is 2. The number of ketones is 1. The Morgan fingerprint density at radius 2 is 1.89 bits per heavy atom. The van der Waals surface area contributed by atoms with Gasteiger partial charge in [0.1, 0.15) is 0 Å². The molecule has 3 aromatic rings. The van der Waals surface area contributed by atoms with Crippen molar-refractivity contribution in [1.29, 1.82) is 0 Å². The molecule has 1 aromatic heterocycles. The van der Waals surface area contributed by atoms with E-state index in [1.165, 1.54) is 29.8 Å². The first-order valence-electron chi connectivity index (χ1n) is 9.05. The van der Waals surface area contributed by atoms with Gasteiger partial charge >= 0.3 is 0 Å². The Morgan fingerprint density at radius 1 is 1.14 bits per heavy atom. The fraction of sp³-hybridized carbons (Fsp3) is 0.227. The highest BCUT2D eigenvalue weighted by atomic mass is 32.2. The van der Waals surface area contributed by atoms with Gasteiger partial charge in [-0.25, -0.2) is 4.98 Å². The third-order valence-corrected chi connectivity index (χ3v) is 5.71. The zero-order chi connectivity index (χ0) is 20.3. The smallest absolute Gasteiger partial charge is 0.237 e. The number of hydrogen-bond acceptors (Lipinski definition) is 4. The van der Waals surface area contributed by atoms with Crippen molar-refractivity contribution in [1.82, 2.24) is 9.55 Å². The summed E-state index contributed by atoms with van der Waals surface area (Å²) in [4.78, 5) is 28.6. The summed E-state index contributed by atoms with van der Waals surface area (Å²) in [6, 6.07) is 13.1. The van der Waals surface area contributed by atoms with Crippen LogP contribution in [0.25, 0.3) is 5.69 Å². The number of nitrogens with one attached hydrogen (secondary N) is 1. The molecule has 0 saturated carbocycles. The zero-order valence-corrected chi connectivity index (χ0v) is 17.2. The quantitative estimate of drug-likeness (QED) is 0.482. The van der Waals surface area contributed by atoms with Crippen molar-refractivity contribution in [3.63, 3.8) is 0 Å². The van der Waals surface area contributed by atoms with Crippen molar-refractivity contribution < 1.29 is 9.59 Å². The van der Waals surface area contributed by atoms with Gasteiger partial charge in [0.05, 0.1) is 10.9 Å². The molecular formula is C22H23N3O2S. The Hall–Kier alpha value is -2.86. The summed E-state index contributed by atoms with van der Waals surface area (Å²) >= 11 is 1.40. The number of Topliss-reactive ketones (excluding diaryl/α,β-unsaturated/α-hetero) is 1. The van der Waals surface area contributed by atoms with Crippen LogP contribution < -0.4 is 5.32 Å². The molecule has 1 heterocycles. The standard InChI is InChI=1S/C22H23N3O2S/c1-14-7-5-10-20(15(14)2)25-12-11-23-22(25)28-17(4)21(27)24-19-9-6-8-18(13-19)16(3)26/h5-13,17H,1-4H3,(H,24,27). The normalized spacial score (nSPS) is 11.9. The second kappa shape index (κ2) is 8.44. The maximum absolute atomic E-state index is 12.6. The van der Waals surface area contributed by atoms with Crippen LogP contribution >= 0.6 is 11.8 Å². The van der Waals surface area contributed by atoms with Gasteiger partial charge in [0.25, 0.3) is 0 Å². The van der Waals surface area contributed by atoms with E-state index in [1.807, 2.05) is 29.8 Å². The van der Waals surface area contributed by atoms with Crippen LogP contribution in [0.15, 0.2) is 60.0 Å². The highest BCUT2D eigenvalue weighted by Crippen LogP contribution is 2.27. The lowest BCUT2D eigenvalue weighted by Crippen LogP contribution is -2.23. The van der Waals surface area contributed by atoms with E-state index in [4.69, 9.17) is 0 Å². The molecule has 0 fully saturated rings.